The van der Waals surface area contributed by atoms with Gasteiger partial charge in [-0.3, -0.25) is 0 Å². The van der Waals surface area contributed by atoms with Crippen LogP contribution in [0.25, 0.3) is 0 Å². The fourth-order valence-electron chi connectivity index (χ4n) is 2.69. The summed E-state index contributed by atoms with van der Waals surface area (Å²) in [6, 6.07) is 0.431. The summed E-state index contributed by atoms with van der Waals surface area (Å²) in [4.78, 5) is 8.83. The average molecular weight is 278 g/mol. The Labute approximate surface area is 121 Å². The maximum atomic E-state index is 5.60. The first-order valence-corrected chi connectivity index (χ1v) is 7.58. The summed E-state index contributed by atoms with van der Waals surface area (Å²) in [6.07, 6.45) is 4.01. The molecule has 1 aromatic rings. The van der Waals surface area contributed by atoms with Gasteiger partial charge >= 0.3 is 0 Å². The third-order valence-electron chi connectivity index (χ3n) is 3.63. The molecular weight excluding hydrogens is 252 g/mol. The number of anilines is 2. The van der Waals surface area contributed by atoms with Gasteiger partial charge in [-0.2, -0.15) is 0 Å². The lowest BCUT2D eigenvalue weighted by Crippen LogP contribution is -2.33. The normalized spacial score (nSPS) is 22.9. The highest BCUT2D eigenvalue weighted by Gasteiger charge is 2.22. The van der Waals surface area contributed by atoms with Crippen molar-refractivity contribution in [2.24, 2.45) is 0 Å². The Bertz CT molecular complexity index is 436. The Morgan fingerprint density at radius 3 is 2.75 bits per heavy atom. The van der Waals surface area contributed by atoms with Gasteiger partial charge in [0.2, 0.25) is 0 Å². The second-order valence-electron chi connectivity index (χ2n) is 5.72. The lowest BCUT2D eigenvalue weighted by molar-refractivity contribution is 0.0231. The highest BCUT2D eigenvalue weighted by molar-refractivity contribution is 5.59. The minimum Gasteiger partial charge on any atom is -0.378 e. The maximum Gasteiger partial charge on any atom is 0.135 e. The molecule has 5 heteroatoms. The average Bonchev–Trinajstić information content (AvgIpc) is 2.39. The molecule has 2 atom stereocenters. The molecule has 1 aliphatic rings. The summed E-state index contributed by atoms with van der Waals surface area (Å²) in [7, 11) is 0. The molecule has 112 valence electrons. The topological polar surface area (TPSA) is 59.1 Å². The Kier molecular flexibility index (Phi) is 5.17. The van der Waals surface area contributed by atoms with Crippen LogP contribution in [0, 0.1) is 0 Å². The number of hydrogen-bond acceptors (Lipinski definition) is 5. The van der Waals surface area contributed by atoms with E-state index in [1.165, 1.54) is 5.56 Å². The number of aromatic nitrogens is 2. The second-order valence-corrected chi connectivity index (χ2v) is 5.72. The molecule has 20 heavy (non-hydrogen) atoms. The van der Waals surface area contributed by atoms with Crippen molar-refractivity contribution in [3.63, 3.8) is 0 Å². The van der Waals surface area contributed by atoms with Crippen LogP contribution in [0.5, 0.6) is 0 Å². The Balaban J connectivity index is 2.19. The summed E-state index contributed by atoms with van der Waals surface area (Å²) in [6.45, 7) is 10.3. The molecule has 1 fully saturated rings. The first-order valence-electron chi connectivity index (χ1n) is 7.58. The largest absolute Gasteiger partial charge is 0.378 e. The second kappa shape index (κ2) is 6.88. The van der Waals surface area contributed by atoms with Crippen molar-refractivity contribution >= 4 is 11.6 Å². The van der Waals surface area contributed by atoms with Crippen molar-refractivity contribution in [1.29, 1.82) is 0 Å². The zero-order valence-electron chi connectivity index (χ0n) is 12.9. The van der Waals surface area contributed by atoms with Crippen molar-refractivity contribution < 1.29 is 4.74 Å². The number of nitrogens with zero attached hydrogens (tertiary/aromatic N) is 2. The van der Waals surface area contributed by atoms with E-state index in [1.807, 2.05) is 0 Å². The summed E-state index contributed by atoms with van der Waals surface area (Å²) in [5.41, 5.74) is 1.17. The molecule has 0 aliphatic carbocycles. The highest BCUT2D eigenvalue weighted by atomic mass is 16.5. The van der Waals surface area contributed by atoms with Gasteiger partial charge in [0.1, 0.15) is 18.0 Å². The summed E-state index contributed by atoms with van der Waals surface area (Å²) in [5, 5.41) is 6.92. The van der Waals surface area contributed by atoms with Gasteiger partial charge in [0.15, 0.2) is 0 Å². The molecule has 0 amide bonds. The van der Waals surface area contributed by atoms with Crippen LogP contribution in [0.4, 0.5) is 11.6 Å². The van der Waals surface area contributed by atoms with Crippen LogP contribution in [0.1, 0.15) is 52.0 Å². The third-order valence-corrected chi connectivity index (χ3v) is 3.63. The molecule has 0 bridgehead atoms. The van der Waals surface area contributed by atoms with Crippen molar-refractivity contribution in [2.45, 2.75) is 58.6 Å². The monoisotopic (exact) mass is 278 g/mol. The van der Waals surface area contributed by atoms with Crippen molar-refractivity contribution in [2.75, 3.05) is 23.8 Å². The van der Waals surface area contributed by atoms with E-state index in [4.69, 9.17) is 4.74 Å². The van der Waals surface area contributed by atoms with E-state index in [0.29, 0.717) is 18.1 Å². The first kappa shape index (κ1) is 15.0. The number of rotatable bonds is 5. The molecule has 2 heterocycles. The van der Waals surface area contributed by atoms with Gasteiger partial charge in [-0.25, -0.2) is 9.97 Å². The Morgan fingerprint density at radius 2 is 2.10 bits per heavy atom. The molecule has 2 rings (SSSR count). The van der Waals surface area contributed by atoms with Crippen molar-refractivity contribution in [3.8, 4) is 0 Å². The molecule has 1 aromatic heterocycles. The molecule has 2 N–H and O–H groups in total. The van der Waals surface area contributed by atoms with Crippen molar-refractivity contribution in [3.05, 3.63) is 11.9 Å². The standard InChI is InChI=1S/C15H26N4O/c1-5-16-14-13(10(2)3)15(18-9-17-14)19-12-6-7-20-11(4)8-12/h9-12H,5-8H2,1-4H3,(H2,16,17,18,19). The minimum atomic E-state index is 0.318. The molecule has 2 unspecified atom stereocenters. The number of hydrogen-bond donors (Lipinski definition) is 2. The highest BCUT2D eigenvalue weighted by Crippen LogP contribution is 2.29. The molecule has 5 nitrogen and oxygen atoms in total. The molecule has 0 aromatic carbocycles. The molecular formula is C15H26N4O. The van der Waals surface area contributed by atoms with E-state index in [-0.39, 0.29) is 0 Å². The van der Waals surface area contributed by atoms with Gasteiger partial charge in [-0.15, -0.1) is 0 Å². The fourth-order valence-corrected chi connectivity index (χ4v) is 2.69. The Morgan fingerprint density at radius 1 is 1.35 bits per heavy atom. The number of ether oxygens (including phenoxy) is 1. The van der Waals surface area contributed by atoms with Crippen LogP contribution in [0.15, 0.2) is 6.33 Å². The molecule has 0 spiro atoms. The Hall–Kier alpha value is -1.36. The van der Waals surface area contributed by atoms with E-state index in [2.05, 4.69) is 48.3 Å². The molecule has 1 aliphatic heterocycles. The SMILES string of the molecule is CCNc1ncnc(NC2CCOC(C)C2)c1C(C)C. The van der Waals surface area contributed by atoms with E-state index in [1.54, 1.807) is 6.33 Å². The quantitative estimate of drug-likeness (QED) is 0.867. The van der Waals surface area contributed by atoms with Crippen LogP contribution in [-0.4, -0.2) is 35.3 Å². The van der Waals surface area contributed by atoms with Gasteiger partial charge in [-0.1, -0.05) is 13.8 Å². The van der Waals surface area contributed by atoms with Crippen LogP contribution >= 0.6 is 0 Å². The van der Waals surface area contributed by atoms with E-state index in [0.717, 1.165) is 37.6 Å². The van der Waals surface area contributed by atoms with Crippen LogP contribution < -0.4 is 10.6 Å². The third kappa shape index (κ3) is 3.60. The van der Waals surface area contributed by atoms with Gasteiger partial charge in [0.05, 0.1) is 6.10 Å². The van der Waals surface area contributed by atoms with E-state index < -0.39 is 0 Å². The van der Waals surface area contributed by atoms with Gasteiger partial charge in [0.25, 0.3) is 0 Å². The lowest BCUT2D eigenvalue weighted by atomic mass is 10.0. The van der Waals surface area contributed by atoms with E-state index in [9.17, 15) is 0 Å². The van der Waals surface area contributed by atoms with Gasteiger partial charge in [-0.05, 0) is 32.6 Å². The summed E-state index contributed by atoms with van der Waals surface area (Å²) >= 11 is 0. The van der Waals surface area contributed by atoms with Crippen LogP contribution in [-0.2, 0) is 4.74 Å². The number of nitrogens with one attached hydrogen (secondary N) is 2. The fraction of sp³-hybridized carbons (Fsp3) is 0.733. The zero-order valence-corrected chi connectivity index (χ0v) is 12.9. The molecule has 1 saturated heterocycles. The van der Waals surface area contributed by atoms with Crippen molar-refractivity contribution in [1.82, 2.24) is 9.97 Å². The zero-order chi connectivity index (χ0) is 14.5. The van der Waals surface area contributed by atoms with Crippen LogP contribution in [0.2, 0.25) is 0 Å². The first-order chi connectivity index (χ1) is 9.61. The predicted octanol–water partition coefficient (Wildman–Crippen LogP) is 3.01. The smallest absolute Gasteiger partial charge is 0.135 e. The summed E-state index contributed by atoms with van der Waals surface area (Å²) in [5.74, 6) is 2.29. The maximum absolute atomic E-state index is 5.60. The summed E-state index contributed by atoms with van der Waals surface area (Å²) < 4.78 is 5.60. The van der Waals surface area contributed by atoms with Crippen LogP contribution in [0.3, 0.4) is 0 Å². The van der Waals surface area contributed by atoms with Gasteiger partial charge < -0.3 is 15.4 Å². The van der Waals surface area contributed by atoms with Gasteiger partial charge in [0, 0.05) is 24.8 Å². The minimum absolute atomic E-state index is 0.318. The molecule has 0 saturated carbocycles. The molecule has 0 radical (unpaired) electrons. The predicted molar refractivity (Wildman–Crippen MR) is 82.3 cm³/mol. The lowest BCUT2D eigenvalue weighted by Gasteiger charge is -2.29. The van der Waals surface area contributed by atoms with E-state index >= 15 is 0 Å².